The lowest BCUT2D eigenvalue weighted by Crippen LogP contribution is -2.37. The molecule has 8 rings (SSSR count). The second-order valence-corrected chi connectivity index (χ2v) is 14.5. The van der Waals surface area contributed by atoms with Crippen LogP contribution >= 0.6 is 0 Å². The Labute approximate surface area is 322 Å². The summed E-state index contributed by atoms with van der Waals surface area (Å²) in [6.07, 6.45) is 1.93. The monoisotopic (exact) mass is 768 g/mol. The third kappa shape index (κ3) is 7.19. The minimum atomic E-state index is -0.433. The maximum Gasteiger partial charge on any atom is 0.332 e. The number of rotatable bonds is 6. The van der Waals surface area contributed by atoms with Crippen molar-refractivity contribution in [2.75, 3.05) is 62.2 Å². The summed E-state index contributed by atoms with van der Waals surface area (Å²) < 4.78 is 23.1. The molecule has 2 aliphatic rings. The first-order chi connectivity index (χ1) is 27.0. The van der Waals surface area contributed by atoms with Crippen LogP contribution < -0.4 is 42.9 Å². The number of aromatic nitrogens is 8. The highest BCUT2D eigenvalue weighted by Gasteiger charge is 2.25. The van der Waals surface area contributed by atoms with E-state index in [1.54, 1.807) is 36.9 Å². The predicted molar refractivity (Wildman–Crippen MR) is 216 cm³/mol. The first-order valence-corrected chi connectivity index (χ1v) is 19.0. The van der Waals surface area contributed by atoms with Crippen molar-refractivity contribution in [1.29, 1.82) is 0 Å². The number of hydrogen-bond acceptors (Lipinski definition) is 10. The van der Waals surface area contributed by atoms with E-state index in [-0.39, 0.29) is 23.6 Å². The lowest BCUT2D eigenvalue weighted by atomic mass is 10.1. The fourth-order valence-corrected chi connectivity index (χ4v) is 7.50. The molecule has 0 radical (unpaired) electrons. The van der Waals surface area contributed by atoms with Crippen LogP contribution in [0.1, 0.15) is 29.5 Å². The molecule has 56 heavy (non-hydrogen) atoms. The summed E-state index contributed by atoms with van der Waals surface area (Å²) >= 11 is 0. The van der Waals surface area contributed by atoms with Gasteiger partial charge in [-0.2, -0.15) is 9.97 Å². The molecule has 2 N–H and O–H groups in total. The number of aryl methyl sites for hydroxylation is 3. The van der Waals surface area contributed by atoms with E-state index in [1.165, 1.54) is 29.3 Å². The van der Waals surface area contributed by atoms with E-state index in [4.69, 9.17) is 4.98 Å². The van der Waals surface area contributed by atoms with Crippen LogP contribution in [0.2, 0.25) is 0 Å². The van der Waals surface area contributed by atoms with Gasteiger partial charge in [-0.05, 0) is 50.0 Å². The maximum absolute atomic E-state index is 14.3. The van der Waals surface area contributed by atoms with Gasteiger partial charge in [0.25, 0.3) is 11.1 Å². The molecule has 2 aromatic carbocycles. The van der Waals surface area contributed by atoms with Crippen molar-refractivity contribution in [3.8, 4) is 0 Å². The molecule has 4 aromatic heterocycles. The molecule has 6 aromatic rings. The van der Waals surface area contributed by atoms with Crippen LogP contribution in [-0.2, 0) is 41.3 Å². The summed E-state index contributed by atoms with van der Waals surface area (Å²) in [4.78, 5) is 64.5. The Morgan fingerprint density at radius 3 is 1.52 bits per heavy atom. The summed E-state index contributed by atoms with van der Waals surface area (Å²) in [5.41, 5.74) is 2.76. The molecule has 6 heterocycles. The van der Waals surface area contributed by atoms with Crippen LogP contribution in [0.4, 0.5) is 16.3 Å². The summed E-state index contributed by atoms with van der Waals surface area (Å²) in [6, 6.07) is 14.6. The largest absolute Gasteiger partial charge is 0.341 e. The van der Waals surface area contributed by atoms with Crippen LogP contribution in [0.5, 0.6) is 0 Å². The summed E-state index contributed by atoms with van der Waals surface area (Å²) in [5, 5.41) is 6.74. The Bertz CT molecular complexity index is 2450. The van der Waals surface area contributed by atoms with Crippen molar-refractivity contribution in [3.63, 3.8) is 0 Å². The smallest absolute Gasteiger partial charge is 0.332 e. The number of fused-ring (bicyclic) bond motifs is 2. The molecule has 2 aliphatic heterocycles. The van der Waals surface area contributed by atoms with Gasteiger partial charge >= 0.3 is 11.4 Å². The summed E-state index contributed by atoms with van der Waals surface area (Å²) in [6.45, 7) is 9.45. The average molecular weight is 769 g/mol. The number of anilines is 2. The van der Waals surface area contributed by atoms with Crippen molar-refractivity contribution in [2.45, 2.75) is 32.9 Å². The lowest BCUT2D eigenvalue weighted by molar-refractivity contribution is 0.599. The zero-order valence-corrected chi connectivity index (χ0v) is 32.6. The second-order valence-electron chi connectivity index (χ2n) is 14.5. The van der Waals surface area contributed by atoms with E-state index < -0.39 is 11.2 Å². The van der Waals surface area contributed by atoms with Crippen molar-refractivity contribution >= 4 is 34.2 Å². The van der Waals surface area contributed by atoms with E-state index in [0.29, 0.717) is 40.4 Å². The normalized spacial score (nSPS) is 15.2. The molecule has 2 fully saturated rings. The quantitative estimate of drug-likeness (QED) is 0.251. The van der Waals surface area contributed by atoms with Crippen LogP contribution in [0, 0.1) is 12.7 Å². The molecule has 16 nitrogen and oxygen atoms in total. The van der Waals surface area contributed by atoms with E-state index >= 15 is 0 Å². The van der Waals surface area contributed by atoms with Gasteiger partial charge in [0.05, 0.1) is 13.1 Å². The molecule has 0 bridgehead atoms. The summed E-state index contributed by atoms with van der Waals surface area (Å²) in [7, 11) is 6.23. The maximum atomic E-state index is 14.3. The summed E-state index contributed by atoms with van der Waals surface area (Å²) in [5.74, 6) is 0.995. The van der Waals surface area contributed by atoms with Gasteiger partial charge in [-0.25, -0.2) is 14.0 Å². The van der Waals surface area contributed by atoms with Crippen LogP contribution in [-0.4, -0.2) is 89.7 Å². The van der Waals surface area contributed by atoms with Gasteiger partial charge in [-0.3, -0.25) is 37.0 Å². The first-order valence-electron chi connectivity index (χ1n) is 19.0. The van der Waals surface area contributed by atoms with Crippen molar-refractivity contribution < 1.29 is 4.39 Å². The molecule has 296 valence electrons. The van der Waals surface area contributed by atoms with Gasteiger partial charge in [0.1, 0.15) is 5.82 Å². The molecular weight excluding hydrogens is 720 g/mol. The highest BCUT2D eigenvalue weighted by molar-refractivity contribution is 5.76. The van der Waals surface area contributed by atoms with E-state index in [0.717, 1.165) is 91.4 Å². The molecule has 0 spiro atoms. The predicted octanol–water partition coefficient (Wildman–Crippen LogP) is 1.01. The van der Waals surface area contributed by atoms with Gasteiger partial charge in [0.2, 0.25) is 11.9 Å². The number of halogens is 1. The van der Waals surface area contributed by atoms with Crippen LogP contribution in [0.3, 0.4) is 0 Å². The highest BCUT2D eigenvalue weighted by atomic mass is 19.1. The van der Waals surface area contributed by atoms with Crippen LogP contribution in [0.25, 0.3) is 22.3 Å². The minimum absolute atomic E-state index is 0.163. The number of imidazole rings is 2. The Balaban J connectivity index is 0.000000172. The number of hydrogen-bond donors (Lipinski definition) is 2. The Kier molecular flexibility index (Phi) is 11.1. The zero-order chi connectivity index (χ0) is 39.7. The Morgan fingerprint density at radius 2 is 1.04 bits per heavy atom. The zero-order valence-electron chi connectivity index (χ0n) is 32.6. The third-order valence-electron chi connectivity index (χ3n) is 10.8. The van der Waals surface area contributed by atoms with Gasteiger partial charge in [0, 0.05) is 73.0 Å². The van der Waals surface area contributed by atoms with Gasteiger partial charge in [0.15, 0.2) is 22.3 Å². The molecule has 0 aliphatic carbocycles. The Hall–Kier alpha value is -5.81. The number of benzene rings is 2. The molecule has 0 unspecified atom stereocenters. The van der Waals surface area contributed by atoms with Gasteiger partial charge < -0.3 is 20.4 Å². The third-order valence-corrected chi connectivity index (χ3v) is 10.8. The second kappa shape index (κ2) is 16.1. The lowest BCUT2D eigenvalue weighted by Gasteiger charge is -2.22. The molecule has 0 amide bonds. The molecule has 17 heteroatoms. The van der Waals surface area contributed by atoms with Crippen molar-refractivity contribution in [3.05, 3.63) is 113 Å². The standard InChI is InChI=1S/C20H26N6O2.C19H23FN6O2/c1-14-7-4-5-8-15(14)13-26-16-17(23(2)20(28)24(3)18(16)27)22-19(26)25-11-6-9-21-10-12-25;1-23-16-15(17(27)24(2)19(23)28)26(12-13-6-3-4-7-14(13)20)18(22-16)25-10-5-8-21-9-11-25/h4-5,7-8,21H,6,9-13H2,1-3H3;3-4,6-7,21H,5,8-12H2,1-2H3. The Morgan fingerprint density at radius 1 is 0.589 bits per heavy atom. The molecular formula is C39H49FN12O4. The van der Waals surface area contributed by atoms with E-state index in [9.17, 15) is 23.6 Å². The van der Waals surface area contributed by atoms with Crippen LogP contribution in [0.15, 0.2) is 67.7 Å². The van der Waals surface area contributed by atoms with Gasteiger partial charge in [-0.1, -0.05) is 42.5 Å². The molecule has 2 saturated heterocycles. The van der Waals surface area contributed by atoms with Crippen molar-refractivity contribution in [1.82, 2.24) is 48.0 Å². The molecule has 0 atom stereocenters. The molecule has 0 saturated carbocycles. The topological polar surface area (TPSA) is 154 Å². The fraction of sp³-hybridized carbons (Fsp3) is 0.436. The fourth-order valence-electron chi connectivity index (χ4n) is 7.50. The van der Waals surface area contributed by atoms with Gasteiger partial charge in [-0.15, -0.1) is 0 Å². The van der Waals surface area contributed by atoms with E-state index in [2.05, 4.69) is 44.5 Å². The highest BCUT2D eigenvalue weighted by Crippen LogP contribution is 2.24. The SMILES string of the molecule is Cc1ccccc1Cn1c(N2CCCNCC2)nc2c1c(=O)n(C)c(=O)n2C.Cn1c(=O)c2c(nc(N3CCCNCC3)n2Cc2ccccc2F)n(C)c1=O. The number of nitrogens with zero attached hydrogens (tertiary/aromatic N) is 10. The van der Waals surface area contributed by atoms with E-state index in [1.807, 2.05) is 16.7 Å². The minimum Gasteiger partial charge on any atom is -0.341 e. The average Bonchev–Trinajstić information content (AvgIpc) is 3.46. The van der Waals surface area contributed by atoms with Crippen molar-refractivity contribution in [2.24, 2.45) is 28.2 Å². The first kappa shape index (κ1) is 38.5. The number of nitrogens with one attached hydrogen (secondary N) is 2.